The summed E-state index contributed by atoms with van der Waals surface area (Å²) < 4.78 is 1.97. The molecule has 1 fully saturated rings. The summed E-state index contributed by atoms with van der Waals surface area (Å²) in [4.78, 5) is 4.08. The Balaban J connectivity index is 1.66. The van der Waals surface area contributed by atoms with Crippen LogP contribution in [0.15, 0.2) is 23.5 Å². The van der Waals surface area contributed by atoms with E-state index in [1.165, 1.54) is 25.7 Å². The predicted molar refractivity (Wildman–Crippen MR) is 73.5 cm³/mol. The number of hydrogen-bond acceptors (Lipinski definition) is 6. The highest BCUT2D eigenvalue weighted by Crippen LogP contribution is 2.32. The Morgan fingerprint density at radius 3 is 2.89 bits per heavy atom. The molecule has 0 radical (unpaired) electrons. The van der Waals surface area contributed by atoms with Crippen LogP contribution in [-0.4, -0.2) is 25.2 Å². The number of thioether (sulfide) groups is 1. The van der Waals surface area contributed by atoms with Gasteiger partial charge in [-0.3, -0.25) is 0 Å². The summed E-state index contributed by atoms with van der Waals surface area (Å²) in [6.45, 7) is 0. The second-order valence-corrected chi connectivity index (χ2v) is 5.67. The fourth-order valence-corrected chi connectivity index (χ4v) is 3.21. The first-order valence-electron chi connectivity index (χ1n) is 6.44. The van der Waals surface area contributed by atoms with Crippen molar-refractivity contribution in [3.8, 4) is 0 Å². The molecule has 1 saturated carbocycles. The van der Waals surface area contributed by atoms with Gasteiger partial charge >= 0.3 is 0 Å². The Morgan fingerprint density at radius 1 is 1.32 bits per heavy atom. The number of nitrogens with zero attached hydrogens (tertiary/aromatic N) is 5. The van der Waals surface area contributed by atoms with Gasteiger partial charge in [-0.2, -0.15) is 0 Å². The number of rotatable bonds is 4. The van der Waals surface area contributed by atoms with Crippen LogP contribution in [0, 0.1) is 0 Å². The monoisotopic (exact) mass is 276 g/mol. The standard InChI is InChI=1S/C12H16N6S/c13-11-6-5-9(7-14-11)8-19-12-15-16-17-18(12)10-3-1-2-4-10/h5-7,10H,1-4,8H2,(H2,13,14). The molecular formula is C12H16N6S. The molecule has 3 rings (SSSR count). The SMILES string of the molecule is Nc1ccc(CSc2nnnn2C2CCCC2)cn1. The van der Waals surface area contributed by atoms with Crippen molar-refractivity contribution in [2.45, 2.75) is 42.6 Å². The highest BCUT2D eigenvalue weighted by molar-refractivity contribution is 7.98. The van der Waals surface area contributed by atoms with Gasteiger partial charge in [-0.1, -0.05) is 30.7 Å². The summed E-state index contributed by atoms with van der Waals surface area (Å²) in [5, 5.41) is 12.9. The maximum atomic E-state index is 5.57. The Hall–Kier alpha value is -1.63. The van der Waals surface area contributed by atoms with Crippen LogP contribution in [0.5, 0.6) is 0 Å². The lowest BCUT2D eigenvalue weighted by molar-refractivity contribution is 0.423. The molecule has 0 spiro atoms. The molecule has 0 amide bonds. The third-order valence-corrected chi connectivity index (χ3v) is 4.35. The van der Waals surface area contributed by atoms with Gasteiger partial charge in [0.05, 0.1) is 6.04 Å². The van der Waals surface area contributed by atoms with Crippen molar-refractivity contribution >= 4 is 17.6 Å². The van der Waals surface area contributed by atoms with Crippen LogP contribution in [0.1, 0.15) is 37.3 Å². The summed E-state index contributed by atoms with van der Waals surface area (Å²) in [5.41, 5.74) is 6.70. The number of tetrazole rings is 1. The van der Waals surface area contributed by atoms with E-state index in [2.05, 4.69) is 20.5 Å². The number of nitrogen functional groups attached to an aromatic ring is 1. The van der Waals surface area contributed by atoms with Crippen molar-refractivity contribution in [2.75, 3.05) is 5.73 Å². The molecule has 1 aliphatic carbocycles. The van der Waals surface area contributed by atoms with Gasteiger partial charge in [0.25, 0.3) is 0 Å². The molecule has 100 valence electrons. The number of hydrogen-bond donors (Lipinski definition) is 1. The molecule has 0 aliphatic heterocycles. The number of nitrogens with two attached hydrogens (primary N) is 1. The highest BCUT2D eigenvalue weighted by atomic mass is 32.2. The summed E-state index contributed by atoms with van der Waals surface area (Å²) in [7, 11) is 0. The zero-order valence-electron chi connectivity index (χ0n) is 10.6. The highest BCUT2D eigenvalue weighted by Gasteiger charge is 2.21. The van der Waals surface area contributed by atoms with Crippen LogP contribution in [-0.2, 0) is 5.75 Å². The molecule has 1 aliphatic rings. The molecule has 0 atom stereocenters. The minimum absolute atomic E-state index is 0.474. The largest absolute Gasteiger partial charge is 0.384 e. The summed E-state index contributed by atoms with van der Waals surface area (Å²) >= 11 is 1.65. The van der Waals surface area contributed by atoms with Crippen molar-refractivity contribution < 1.29 is 0 Å². The Bertz CT molecular complexity index is 531. The van der Waals surface area contributed by atoms with Crippen LogP contribution in [0.25, 0.3) is 0 Å². The smallest absolute Gasteiger partial charge is 0.209 e. The number of pyridine rings is 1. The Morgan fingerprint density at radius 2 is 2.16 bits per heavy atom. The molecule has 2 N–H and O–H groups in total. The minimum atomic E-state index is 0.474. The molecule has 2 aromatic rings. The van der Waals surface area contributed by atoms with E-state index < -0.39 is 0 Å². The maximum absolute atomic E-state index is 5.57. The van der Waals surface area contributed by atoms with Gasteiger partial charge < -0.3 is 5.73 Å². The lowest BCUT2D eigenvalue weighted by Gasteiger charge is -2.10. The number of anilines is 1. The van der Waals surface area contributed by atoms with Crippen molar-refractivity contribution in [1.29, 1.82) is 0 Å². The minimum Gasteiger partial charge on any atom is -0.384 e. The van der Waals surface area contributed by atoms with Crippen LogP contribution < -0.4 is 5.73 Å². The average molecular weight is 276 g/mol. The van der Waals surface area contributed by atoms with E-state index in [1.54, 1.807) is 18.0 Å². The fraction of sp³-hybridized carbons (Fsp3) is 0.500. The third-order valence-electron chi connectivity index (χ3n) is 3.35. The zero-order chi connectivity index (χ0) is 13.1. The van der Waals surface area contributed by atoms with Crippen molar-refractivity contribution in [2.24, 2.45) is 0 Å². The van der Waals surface area contributed by atoms with Crippen LogP contribution in [0.4, 0.5) is 5.82 Å². The molecule has 0 aromatic carbocycles. The molecular weight excluding hydrogens is 260 g/mol. The first kappa shape index (κ1) is 12.4. The van der Waals surface area contributed by atoms with Crippen LogP contribution in [0.2, 0.25) is 0 Å². The van der Waals surface area contributed by atoms with Gasteiger partial charge in [-0.15, -0.1) is 5.10 Å². The van der Waals surface area contributed by atoms with E-state index in [4.69, 9.17) is 5.73 Å². The quantitative estimate of drug-likeness (QED) is 0.861. The third kappa shape index (κ3) is 2.86. The van der Waals surface area contributed by atoms with E-state index in [0.717, 1.165) is 16.5 Å². The van der Waals surface area contributed by atoms with Crippen LogP contribution in [0.3, 0.4) is 0 Å². The Labute approximate surface area is 115 Å². The summed E-state index contributed by atoms with van der Waals surface area (Å²) in [6.07, 6.45) is 6.71. The second kappa shape index (κ2) is 5.56. The van der Waals surface area contributed by atoms with Crippen molar-refractivity contribution in [3.05, 3.63) is 23.9 Å². The molecule has 7 heteroatoms. The molecule has 2 heterocycles. The van der Waals surface area contributed by atoms with Gasteiger partial charge in [0.15, 0.2) is 0 Å². The van der Waals surface area contributed by atoms with Gasteiger partial charge in [-0.05, 0) is 34.9 Å². The zero-order valence-corrected chi connectivity index (χ0v) is 11.4. The van der Waals surface area contributed by atoms with Crippen LogP contribution >= 0.6 is 11.8 Å². The van der Waals surface area contributed by atoms with Crippen molar-refractivity contribution in [1.82, 2.24) is 25.2 Å². The van der Waals surface area contributed by atoms with E-state index in [-0.39, 0.29) is 0 Å². The maximum Gasteiger partial charge on any atom is 0.209 e. The van der Waals surface area contributed by atoms with Gasteiger partial charge in [0.2, 0.25) is 5.16 Å². The molecule has 0 bridgehead atoms. The first-order valence-corrected chi connectivity index (χ1v) is 7.42. The Kier molecular flexibility index (Phi) is 3.63. The molecule has 0 saturated heterocycles. The second-order valence-electron chi connectivity index (χ2n) is 4.72. The fourth-order valence-electron chi connectivity index (χ4n) is 2.33. The lowest BCUT2D eigenvalue weighted by Crippen LogP contribution is -2.08. The van der Waals surface area contributed by atoms with E-state index in [1.807, 2.05) is 16.8 Å². The van der Waals surface area contributed by atoms with Gasteiger partial charge in [-0.25, -0.2) is 9.67 Å². The average Bonchev–Trinajstić information content (AvgIpc) is 3.08. The van der Waals surface area contributed by atoms with E-state index in [9.17, 15) is 0 Å². The first-order chi connectivity index (χ1) is 9.33. The van der Waals surface area contributed by atoms with E-state index in [0.29, 0.717) is 11.9 Å². The van der Waals surface area contributed by atoms with E-state index >= 15 is 0 Å². The summed E-state index contributed by atoms with van der Waals surface area (Å²) in [6, 6.07) is 4.27. The molecule has 19 heavy (non-hydrogen) atoms. The van der Waals surface area contributed by atoms with Gasteiger partial charge in [0, 0.05) is 11.9 Å². The van der Waals surface area contributed by atoms with Crippen molar-refractivity contribution in [3.63, 3.8) is 0 Å². The van der Waals surface area contributed by atoms with Gasteiger partial charge in [0.1, 0.15) is 5.82 Å². The summed E-state index contributed by atoms with van der Waals surface area (Å²) in [5.74, 6) is 1.35. The number of aromatic nitrogens is 5. The predicted octanol–water partition coefficient (Wildman–Crippen LogP) is 2.06. The normalized spacial score (nSPS) is 16.0. The molecule has 0 unspecified atom stereocenters. The lowest BCUT2D eigenvalue weighted by atomic mass is 10.3. The topological polar surface area (TPSA) is 82.5 Å². The molecule has 2 aromatic heterocycles. The molecule has 6 nitrogen and oxygen atoms in total.